The highest BCUT2D eigenvalue weighted by molar-refractivity contribution is 5.53. The molecule has 1 aliphatic carbocycles. The van der Waals surface area contributed by atoms with Gasteiger partial charge in [-0.05, 0) is 44.1 Å². The van der Waals surface area contributed by atoms with Crippen LogP contribution in [0.5, 0.6) is 0 Å². The van der Waals surface area contributed by atoms with Crippen molar-refractivity contribution in [3.8, 4) is 0 Å². The standard InChI is InChI=1S/C16H26NO/c1-3-12-17(18,13-4-2)16-11-7-9-14-8-5-6-10-15(14)16/h7,9,11,18H,3-6,8,10,12-13H2,1-2H3/q+1. The molecule has 0 saturated carbocycles. The van der Waals surface area contributed by atoms with E-state index in [2.05, 4.69) is 32.0 Å². The van der Waals surface area contributed by atoms with E-state index in [1.54, 1.807) is 0 Å². The maximum Gasteiger partial charge on any atom is 0.168 e. The zero-order chi connectivity index (χ0) is 13.0. The summed E-state index contributed by atoms with van der Waals surface area (Å²) in [5.74, 6) is 0. The molecule has 0 saturated heterocycles. The predicted molar refractivity (Wildman–Crippen MR) is 77.0 cm³/mol. The molecular weight excluding hydrogens is 222 g/mol. The van der Waals surface area contributed by atoms with Crippen molar-refractivity contribution in [2.24, 2.45) is 0 Å². The Morgan fingerprint density at radius 3 is 2.39 bits per heavy atom. The van der Waals surface area contributed by atoms with Gasteiger partial charge in [-0.15, -0.1) is 0 Å². The van der Waals surface area contributed by atoms with Crippen LogP contribution >= 0.6 is 0 Å². The van der Waals surface area contributed by atoms with Gasteiger partial charge >= 0.3 is 0 Å². The summed E-state index contributed by atoms with van der Waals surface area (Å²) in [6.45, 7) is 5.94. The maximum atomic E-state index is 11.0. The lowest BCUT2D eigenvalue weighted by Gasteiger charge is -2.32. The van der Waals surface area contributed by atoms with Crippen molar-refractivity contribution < 1.29 is 5.21 Å². The normalized spacial score (nSPS) is 15.5. The maximum absolute atomic E-state index is 11.0. The van der Waals surface area contributed by atoms with Crippen molar-refractivity contribution in [1.29, 1.82) is 0 Å². The van der Waals surface area contributed by atoms with Gasteiger partial charge in [0.05, 0.1) is 0 Å². The SMILES string of the molecule is CCC[N+](O)(CCC)c1cccc2c1CCCC2. The molecule has 0 aliphatic heterocycles. The molecule has 0 radical (unpaired) electrons. The van der Waals surface area contributed by atoms with Crippen molar-refractivity contribution in [3.63, 3.8) is 0 Å². The van der Waals surface area contributed by atoms with Gasteiger partial charge in [-0.3, -0.25) is 0 Å². The van der Waals surface area contributed by atoms with Gasteiger partial charge in [0.15, 0.2) is 5.69 Å². The Labute approximate surface area is 111 Å². The number of nitrogens with zero attached hydrogens (tertiary/aromatic N) is 1. The number of hydrogen-bond acceptors (Lipinski definition) is 1. The third-order valence-corrected chi connectivity index (χ3v) is 4.01. The Bertz CT molecular complexity index is 394. The molecule has 1 aromatic rings. The molecular formula is C16H26NO+. The van der Waals surface area contributed by atoms with Crippen LogP contribution in [0.2, 0.25) is 0 Å². The minimum absolute atomic E-state index is 0.135. The second-order valence-electron chi connectivity index (χ2n) is 5.49. The van der Waals surface area contributed by atoms with Gasteiger partial charge in [-0.2, -0.15) is 4.65 Å². The smallest absolute Gasteiger partial charge is 0.168 e. The first-order valence-electron chi connectivity index (χ1n) is 7.42. The second kappa shape index (κ2) is 5.85. The van der Waals surface area contributed by atoms with Crippen LogP contribution in [-0.4, -0.2) is 18.3 Å². The average molecular weight is 248 g/mol. The molecule has 2 nitrogen and oxygen atoms in total. The van der Waals surface area contributed by atoms with E-state index in [9.17, 15) is 5.21 Å². The zero-order valence-electron chi connectivity index (χ0n) is 11.8. The largest absolute Gasteiger partial charge is 0.212 e. The minimum atomic E-state index is 0.135. The van der Waals surface area contributed by atoms with Crippen molar-refractivity contribution in [2.45, 2.75) is 52.4 Å². The molecule has 2 rings (SSSR count). The van der Waals surface area contributed by atoms with Gasteiger partial charge in [0.2, 0.25) is 0 Å². The van der Waals surface area contributed by atoms with Gasteiger partial charge in [-0.25, -0.2) is 5.21 Å². The highest BCUT2D eigenvalue weighted by atomic mass is 16.5. The fraction of sp³-hybridized carbons (Fsp3) is 0.625. The lowest BCUT2D eigenvalue weighted by molar-refractivity contribution is -0.0802. The molecule has 0 heterocycles. The summed E-state index contributed by atoms with van der Waals surface area (Å²) in [4.78, 5) is 0. The van der Waals surface area contributed by atoms with Crippen molar-refractivity contribution in [3.05, 3.63) is 29.3 Å². The summed E-state index contributed by atoms with van der Waals surface area (Å²) in [6, 6.07) is 6.49. The molecule has 0 unspecified atom stereocenters. The van der Waals surface area contributed by atoms with Gasteiger partial charge in [0, 0.05) is 11.6 Å². The molecule has 100 valence electrons. The number of hydroxylamine groups is 2. The summed E-state index contributed by atoms with van der Waals surface area (Å²) in [5, 5.41) is 11.0. The Kier molecular flexibility index (Phi) is 4.41. The monoisotopic (exact) mass is 248 g/mol. The van der Waals surface area contributed by atoms with Gasteiger partial charge in [0.1, 0.15) is 13.1 Å². The Hall–Kier alpha value is -0.860. The first-order valence-corrected chi connectivity index (χ1v) is 7.42. The third kappa shape index (κ3) is 2.60. The van der Waals surface area contributed by atoms with E-state index in [-0.39, 0.29) is 4.65 Å². The number of aryl methyl sites for hydroxylation is 1. The molecule has 1 aromatic carbocycles. The van der Waals surface area contributed by atoms with E-state index in [0.29, 0.717) is 0 Å². The van der Waals surface area contributed by atoms with E-state index in [1.807, 2.05) is 0 Å². The van der Waals surface area contributed by atoms with Gasteiger partial charge in [-0.1, -0.05) is 26.0 Å². The number of rotatable bonds is 5. The fourth-order valence-electron chi connectivity index (χ4n) is 3.24. The molecule has 18 heavy (non-hydrogen) atoms. The quantitative estimate of drug-likeness (QED) is 0.615. The predicted octanol–water partition coefficient (Wildman–Crippen LogP) is 4.08. The summed E-state index contributed by atoms with van der Waals surface area (Å²) < 4.78 is 0.135. The average Bonchev–Trinajstić information content (AvgIpc) is 2.38. The fourth-order valence-corrected chi connectivity index (χ4v) is 3.24. The number of fused-ring (bicyclic) bond motifs is 1. The molecule has 2 heteroatoms. The summed E-state index contributed by atoms with van der Waals surface area (Å²) in [7, 11) is 0. The Morgan fingerprint density at radius 2 is 1.72 bits per heavy atom. The van der Waals surface area contributed by atoms with E-state index in [4.69, 9.17) is 0 Å². The van der Waals surface area contributed by atoms with E-state index in [1.165, 1.54) is 30.4 Å². The summed E-state index contributed by atoms with van der Waals surface area (Å²) >= 11 is 0. The number of benzene rings is 1. The van der Waals surface area contributed by atoms with Crippen LogP contribution in [-0.2, 0) is 12.8 Å². The van der Waals surface area contributed by atoms with Crippen LogP contribution in [0.4, 0.5) is 5.69 Å². The van der Waals surface area contributed by atoms with Gasteiger partial charge in [0.25, 0.3) is 0 Å². The first-order chi connectivity index (χ1) is 8.71. The van der Waals surface area contributed by atoms with Crippen LogP contribution in [0.15, 0.2) is 18.2 Å². The van der Waals surface area contributed by atoms with Crippen LogP contribution in [0.1, 0.15) is 50.7 Å². The highest BCUT2D eigenvalue weighted by Crippen LogP contribution is 2.33. The van der Waals surface area contributed by atoms with E-state index < -0.39 is 0 Å². The third-order valence-electron chi connectivity index (χ3n) is 4.01. The second-order valence-corrected chi connectivity index (χ2v) is 5.49. The van der Waals surface area contributed by atoms with Crippen molar-refractivity contribution in [1.82, 2.24) is 4.65 Å². The molecule has 1 N–H and O–H groups in total. The van der Waals surface area contributed by atoms with Crippen molar-refractivity contribution in [2.75, 3.05) is 13.1 Å². The minimum Gasteiger partial charge on any atom is -0.212 e. The topological polar surface area (TPSA) is 20.2 Å². The number of quaternary nitrogens is 1. The molecule has 0 spiro atoms. The molecule has 0 aromatic heterocycles. The molecule has 1 aliphatic rings. The summed E-state index contributed by atoms with van der Waals surface area (Å²) in [6.07, 6.45) is 6.91. The summed E-state index contributed by atoms with van der Waals surface area (Å²) in [5.41, 5.74) is 4.05. The molecule has 0 amide bonds. The lowest BCUT2D eigenvalue weighted by atomic mass is 9.90. The van der Waals surface area contributed by atoms with Crippen LogP contribution < -0.4 is 4.65 Å². The van der Waals surface area contributed by atoms with Crippen LogP contribution in [0, 0.1) is 0 Å². The van der Waals surface area contributed by atoms with Crippen molar-refractivity contribution >= 4 is 5.69 Å². The molecule has 0 bridgehead atoms. The first kappa shape index (κ1) is 13.6. The van der Waals surface area contributed by atoms with Gasteiger partial charge < -0.3 is 0 Å². The molecule has 0 fully saturated rings. The number of hydrogen-bond donors (Lipinski definition) is 1. The van der Waals surface area contributed by atoms with E-state index in [0.717, 1.165) is 38.0 Å². The van der Waals surface area contributed by atoms with Crippen LogP contribution in [0.3, 0.4) is 0 Å². The molecule has 0 atom stereocenters. The van der Waals surface area contributed by atoms with E-state index >= 15 is 0 Å². The highest BCUT2D eigenvalue weighted by Gasteiger charge is 2.31. The Morgan fingerprint density at radius 1 is 1.06 bits per heavy atom. The Balaban J connectivity index is 2.41. The van der Waals surface area contributed by atoms with Crippen LogP contribution in [0.25, 0.3) is 0 Å². The lowest BCUT2D eigenvalue weighted by Crippen LogP contribution is -2.48. The zero-order valence-corrected chi connectivity index (χ0v) is 11.8.